The standard InChI is InChI=1S/C14H16ClNS/c1-10-13(6-7-17-10)14(16-2)9-11-4-3-5-12(15)8-11/h3-8,14,16H,9H2,1-2H3. The molecule has 1 nitrogen and oxygen atoms in total. The molecule has 0 amide bonds. The third kappa shape index (κ3) is 3.09. The average Bonchev–Trinajstić information content (AvgIpc) is 2.72. The number of likely N-dealkylation sites (N-methyl/N-ethyl adjacent to an activating group) is 1. The molecule has 1 unspecified atom stereocenters. The molecule has 0 saturated carbocycles. The van der Waals surface area contributed by atoms with Crippen molar-refractivity contribution in [3.05, 3.63) is 56.7 Å². The van der Waals surface area contributed by atoms with E-state index in [0.29, 0.717) is 6.04 Å². The highest BCUT2D eigenvalue weighted by molar-refractivity contribution is 7.10. The minimum absolute atomic E-state index is 0.361. The van der Waals surface area contributed by atoms with E-state index < -0.39 is 0 Å². The van der Waals surface area contributed by atoms with E-state index >= 15 is 0 Å². The number of rotatable bonds is 4. The van der Waals surface area contributed by atoms with Crippen molar-refractivity contribution in [1.29, 1.82) is 0 Å². The van der Waals surface area contributed by atoms with E-state index in [9.17, 15) is 0 Å². The molecule has 0 saturated heterocycles. The summed E-state index contributed by atoms with van der Waals surface area (Å²) < 4.78 is 0. The molecular weight excluding hydrogens is 250 g/mol. The van der Waals surface area contributed by atoms with Crippen LogP contribution in [-0.4, -0.2) is 7.05 Å². The molecule has 2 aromatic rings. The summed E-state index contributed by atoms with van der Waals surface area (Å²) in [7, 11) is 2.01. The van der Waals surface area contributed by atoms with Gasteiger partial charge in [0.05, 0.1) is 0 Å². The van der Waals surface area contributed by atoms with Crippen molar-refractivity contribution in [2.75, 3.05) is 7.05 Å². The van der Waals surface area contributed by atoms with Crippen LogP contribution in [0.3, 0.4) is 0 Å². The summed E-state index contributed by atoms with van der Waals surface area (Å²) in [4.78, 5) is 1.38. The Bertz CT molecular complexity index is 492. The summed E-state index contributed by atoms with van der Waals surface area (Å²) in [5.74, 6) is 0. The molecule has 17 heavy (non-hydrogen) atoms. The Hall–Kier alpha value is -0.830. The fraction of sp³-hybridized carbons (Fsp3) is 0.286. The Morgan fingerprint density at radius 2 is 2.18 bits per heavy atom. The van der Waals surface area contributed by atoms with Gasteiger partial charge < -0.3 is 5.32 Å². The minimum atomic E-state index is 0.361. The first-order valence-electron chi connectivity index (χ1n) is 5.66. The molecule has 3 heteroatoms. The van der Waals surface area contributed by atoms with Crippen LogP contribution in [-0.2, 0) is 6.42 Å². The molecule has 1 aromatic heterocycles. The monoisotopic (exact) mass is 265 g/mol. The van der Waals surface area contributed by atoms with Gasteiger partial charge in [-0.2, -0.15) is 0 Å². The quantitative estimate of drug-likeness (QED) is 0.873. The van der Waals surface area contributed by atoms with Crippen molar-refractivity contribution in [1.82, 2.24) is 5.32 Å². The second-order valence-corrected chi connectivity index (χ2v) is 5.66. The third-order valence-corrected chi connectivity index (χ3v) is 4.05. The van der Waals surface area contributed by atoms with Gasteiger partial charge in [-0.25, -0.2) is 0 Å². The molecule has 0 aliphatic rings. The van der Waals surface area contributed by atoms with Gasteiger partial charge >= 0.3 is 0 Å². The number of nitrogens with one attached hydrogen (secondary N) is 1. The van der Waals surface area contributed by atoms with Crippen molar-refractivity contribution in [2.45, 2.75) is 19.4 Å². The Kier molecular flexibility index (Phi) is 4.21. The maximum Gasteiger partial charge on any atom is 0.0408 e. The zero-order chi connectivity index (χ0) is 12.3. The van der Waals surface area contributed by atoms with E-state index in [0.717, 1.165) is 11.4 Å². The molecule has 0 aliphatic heterocycles. The van der Waals surface area contributed by atoms with Crippen LogP contribution in [0.15, 0.2) is 35.7 Å². The van der Waals surface area contributed by atoms with E-state index in [1.54, 1.807) is 11.3 Å². The topological polar surface area (TPSA) is 12.0 Å². The third-order valence-electron chi connectivity index (χ3n) is 2.95. The summed E-state index contributed by atoms with van der Waals surface area (Å²) >= 11 is 7.81. The molecule has 1 atom stereocenters. The molecule has 1 aromatic carbocycles. The normalized spacial score (nSPS) is 12.6. The summed E-state index contributed by atoms with van der Waals surface area (Å²) in [5, 5.41) is 6.33. The number of hydrogen-bond acceptors (Lipinski definition) is 2. The molecule has 1 N–H and O–H groups in total. The van der Waals surface area contributed by atoms with Crippen molar-refractivity contribution in [3.8, 4) is 0 Å². The zero-order valence-corrected chi connectivity index (χ0v) is 11.6. The minimum Gasteiger partial charge on any atom is -0.313 e. The number of benzene rings is 1. The van der Waals surface area contributed by atoms with Crippen LogP contribution in [0.2, 0.25) is 5.02 Å². The molecule has 0 bridgehead atoms. The lowest BCUT2D eigenvalue weighted by atomic mass is 10.00. The maximum atomic E-state index is 6.01. The summed E-state index contributed by atoms with van der Waals surface area (Å²) in [6, 6.07) is 10.6. The van der Waals surface area contributed by atoms with Crippen molar-refractivity contribution in [2.24, 2.45) is 0 Å². The molecule has 90 valence electrons. The molecule has 0 spiro atoms. The van der Waals surface area contributed by atoms with Gasteiger partial charge in [0.2, 0.25) is 0 Å². The fourth-order valence-electron chi connectivity index (χ4n) is 2.02. The van der Waals surface area contributed by atoms with Crippen LogP contribution >= 0.6 is 22.9 Å². The second-order valence-electron chi connectivity index (χ2n) is 4.11. The average molecular weight is 266 g/mol. The van der Waals surface area contributed by atoms with Gasteiger partial charge in [-0.05, 0) is 55.1 Å². The zero-order valence-electron chi connectivity index (χ0n) is 10.0. The molecular formula is C14H16ClNS. The van der Waals surface area contributed by atoms with E-state index in [2.05, 4.69) is 29.8 Å². The highest BCUT2D eigenvalue weighted by Gasteiger charge is 2.13. The predicted octanol–water partition coefficient (Wildman–Crippen LogP) is 4.21. The van der Waals surface area contributed by atoms with E-state index in [-0.39, 0.29) is 0 Å². The number of aryl methyl sites for hydroxylation is 1. The molecule has 1 heterocycles. The van der Waals surface area contributed by atoms with E-state index in [4.69, 9.17) is 11.6 Å². The number of hydrogen-bond donors (Lipinski definition) is 1. The van der Waals surface area contributed by atoms with Gasteiger partial charge in [-0.3, -0.25) is 0 Å². The van der Waals surface area contributed by atoms with E-state index in [1.165, 1.54) is 16.0 Å². The number of thiophene rings is 1. The first-order valence-corrected chi connectivity index (χ1v) is 6.92. The van der Waals surface area contributed by atoms with E-state index in [1.807, 2.05) is 25.2 Å². The number of halogens is 1. The summed E-state index contributed by atoms with van der Waals surface area (Å²) in [5.41, 5.74) is 2.65. The molecule has 2 rings (SSSR count). The van der Waals surface area contributed by atoms with Crippen molar-refractivity contribution < 1.29 is 0 Å². The van der Waals surface area contributed by atoms with Crippen LogP contribution < -0.4 is 5.32 Å². The summed E-state index contributed by atoms with van der Waals surface area (Å²) in [6.45, 7) is 2.17. The van der Waals surface area contributed by atoms with Gasteiger partial charge in [0.1, 0.15) is 0 Å². The van der Waals surface area contributed by atoms with Gasteiger partial charge in [0, 0.05) is 15.9 Å². The molecule has 0 radical (unpaired) electrons. The first kappa shape index (κ1) is 12.6. The Labute approximate surface area is 111 Å². The second kappa shape index (κ2) is 5.67. The Balaban J connectivity index is 2.19. The van der Waals surface area contributed by atoms with Crippen molar-refractivity contribution in [3.63, 3.8) is 0 Å². The lowest BCUT2D eigenvalue weighted by Gasteiger charge is -2.16. The van der Waals surface area contributed by atoms with Crippen LogP contribution in [0, 0.1) is 6.92 Å². The largest absolute Gasteiger partial charge is 0.313 e. The maximum absolute atomic E-state index is 6.01. The smallest absolute Gasteiger partial charge is 0.0408 e. The molecule has 0 fully saturated rings. The van der Waals surface area contributed by atoms with Crippen LogP contribution in [0.25, 0.3) is 0 Å². The van der Waals surface area contributed by atoms with Gasteiger partial charge in [0.15, 0.2) is 0 Å². The first-order chi connectivity index (χ1) is 8.20. The Morgan fingerprint density at radius 1 is 1.35 bits per heavy atom. The van der Waals surface area contributed by atoms with Gasteiger partial charge in [-0.1, -0.05) is 23.7 Å². The SMILES string of the molecule is CNC(Cc1cccc(Cl)c1)c1ccsc1C. The summed E-state index contributed by atoms with van der Waals surface area (Å²) in [6.07, 6.45) is 0.967. The lowest BCUT2D eigenvalue weighted by Crippen LogP contribution is -2.18. The van der Waals surface area contributed by atoms with Gasteiger partial charge in [0.25, 0.3) is 0 Å². The highest BCUT2D eigenvalue weighted by Crippen LogP contribution is 2.26. The highest BCUT2D eigenvalue weighted by atomic mass is 35.5. The van der Waals surface area contributed by atoms with Crippen LogP contribution in [0.5, 0.6) is 0 Å². The van der Waals surface area contributed by atoms with Crippen LogP contribution in [0.1, 0.15) is 22.0 Å². The lowest BCUT2D eigenvalue weighted by molar-refractivity contribution is 0.591. The van der Waals surface area contributed by atoms with Crippen LogP contribution in [0.4, 0.5) is 0 Å². The molecule has 0 aliphatic carbocycles. The van der Waals surface area contributed by atoms with Crippen molar-refractivity contribution >= 4 is 22.9 Å². The Morgan fingerprint density at radius 3 is 2.76 bits per heavy atom. The van der Waals surface area contributed by atoms with Gasteiger partial charge in [-0.15, -0.1) is 11.3 Å². The fourth-order valence-corrected chi connectivity index (χ4v) is 3.00. The predicted molar refractivity (Wildman–Crippen MR) is 76.0 cm³/mol.